The van der Waals surface area contributed by atoms with E-state index in [0.29, 0.717) is 10.0 Å². The Hall–Kier alpha value is -2.33. The first-order valence-electron chi connectivity index (χ1n) is 7.70. The van der Waals surface area contributed by atoms with E-state index in [-0.39, 0.29) is 21.4 Å². The number of hydrogen-bond acceptors (Lipinski definition) is 5. The Morgan fingerprint density at radius 3 is 1.32 bits per heavy atom. The molecule has 146 valence electrons. The zero-order chi connectivity index (χ0) is 20.4. The van der Waals surface area contributed by atoms with Gasteiger partial charge >= 0.3 is 0 Å². The van der Waals surface area contributed by atoms with Crippen LogP contribution in [-0.2, 0) is 20.0 Å². The molecule has 2 N–H and O–H groups in total. The Kier molecular flexibility index (Phi) is 5.80. The molecule has 0 aliphatic rings. The molecule has 3 rings (SSSR count). The molecule has 0 amide bonds. The number of pyridine rings is 1. The number of anilines is 2. The fourth-order valence-corrected chi connectivity index (χ4v) is 4.42. The molecule has 2 aromatic carbocycles. The lowest BCUT2D eigenvalue weighted by atomic mass is 10.4. The highest BCUT2D eigenvalue weighted by Crippen LogP contribution is 2.20. The number of aromatic nitrogens is 1. The van der Waals surface area contributed by atoms with E-state index in [1.54, 1.807) is 0 Å². The summed E-state index contributed by atoms with van der Waals surface area (Å²) in [7, 11) is -7.82. The molecule has 0 aliphatic heterocycles. The Morgan fingerprint density at radius 1 is 0.607 bits per heavy atom. The first-order valence-corrected chi connectivity index (χ1v) is 11.4. The Morgan fingerprint density at radius 2 is 0.964 bits per heavy atom. The molecular formula is C17H13Cl2N3O4S2. The van der Waals surface area contributed by atoms with Gasteiger partial charge in [-0.2, -0.15) is 0 Å². The van der Waals surface area contributed by atoms with Crippen LogP contribution in [0.3, 0.4) is 0 Å². The SMILES string of the molecule is O=S(=O)(Nc1cccc(NS(=O)(=O)c2ccc(Cl)cc2)n1)c1ccc(Cl)cc1. The highest BCUT2D eigenvalue weighted by Gasteiger charge is 2.17. The molecule has 0 unspecified atom stereocenters. The summed E-state index contributed by atoms with van der Waals surface area (Å²) in [5.74, 6) is -0.0995. The number of nitrogens with zero attached hydrogens (tertiary/aromatic N) is 1. The van der Waals surface area contributed by atoms with Crippen LogP contribution in [0.5, 0.6) is 0 Å². The van der Waals surface area contributed by atoms with E-state index in [1.807, 2.05) is 0 Å². The normalized spacial score (nSPS) is 11.8. The van der Waals surface area contributed by atoms with Gasteiger partial charge in [0.1, 0.15) is 11.6 Å². The van der Waals surface area contributed by atoms with E-state index in [2.05, 4.69) is 14.4 Å². The summed E-state index contributed by atoms with van der Waals surface area (Å²) in [5, 5.41) is 0.798. The third-order valence-electron chi connectivity index (χ3n) is 3.47. The number of nitrogens with one attached hydrogen (secondary N) is 2. The third-order valence-corrected chi connectivity index (χ3v) is 6.72. The second-order valence-corrected chi connectivity index (χ2v) is 9.76. The quantitative estimate of drug-likeness (QED) is 0.581. The number of rotatable bonds is 6. The summed E-state index contributed by atoms with van der Waals surface area (Å²) in [4.78, 5) is 3.98. The molecule has 1 heterocycles. The predicted octanol–water partition coefficient (Wildman–Crippen LogP) is 3.99. The lowest BCUT2D eigenvalue weighted by Crippen LogP contribution is -2.16. The van der Waals surface area contributed by atoms with Crippen molar-refractivity contribution in [1.29, 1.82) is 0 Å². The third kappa shape index (κ3) is 4.93. The van der Waals surface area contributed by atoms with Gasteiger partial charge in [-0.3, -0.25) is 9.44 Å². The molecule has 0 fully saturated rings. The fraction of sp³-hybridized carbons (Fsp3) is 0. The Labute approximate surface area is 172 Å². The maximum atomic E-state index is 12.4. The van der Waals surface area contributed by atoms with E-state index >= 15 is 0 Å². The Balaban J connectivity index is 1.82. The van der Waals surface area contributed by atoms with Crippen molar-refractivity contribution in [3.63, 3.8) is 0 Å². The van der Waals surface area contributed by atoms with Crippen molar-refractivity contribution in [3.05, 3.63) is 76.8 Å². The zero-order valence-corrected chi connectivity index (χ0v) is 17.1. The van der Waals surface area contributed by atoms with Crippen molar-refractivity contribution < 1.29 is 16.8 Å². The van der Waals surface area contributed by atoms with Crippen molar-refractivity contribution in [2.24, 2.45) is 0 Å². The van der Waals surface area contributed by atoms with Crippen molar-refractivity contribution in [2.75, 3.05) is 9.44 Å². The summed E-state index contributed by atoms with van der Waals surface area (Å²) < 4.78 is 54.3. The van der Waals surface area contributed by atoms with Gasteiger partial charge in [0, 0.05) is 10.0 Å². The van der Waals surface area contributed by atoms with E-state index in [9.17, 15) is 16.8 Å². The van der Waals surface area contributed by atoms with Crippen molar-refractivity contribution >= 4 is 54.9 Å². The minimum absolute atomic E-state index is 0.00847. The van der Waals surface area contributed by atoms with E-state index in [1.165, 1.54) is 66.7 Å². The molecule has 0 bridgehead atoms. The molecule has 11 heteroatoms. The average Bonchev–Trinajstić information content (AvgIpc) is 2.62. The number of benzene rings is 2. The van der Waals surface area contributed by atoms with Crippen molar-refractivity contribution in [3.8, 4) is 0 Å². The molecule has 0 radical (unpaired) electrons. The lowest BCUT2D eigenvalue weighted by molar-refractivity contribution is 0.599. The molecule has 3 aromatic rings. The molecule has 28 heavy (non-hydrogen) atoms. The van der Waals surface area contributed by atoms with E-state index in [0.717, 1.165) is 0 Å². The number of sulfonamides is 2. The van der Waals surface area contributed by atoms with Crippen molar-refractivity contribution in [1.82, 2.24) is 4.98 Å². The first-order chi connectivity index (χ1) is 13.2. The molecule has 1 aromatic heterocycles. The monoisotopic (exact) mass is 457 g/mol. The minimum atomic E-state index is -3.91. The topological polar surface area (TPSA) is 105 Å². The summed E-state index contributed by atoms with van der Waals surface area (Å²) >= 11 is 11.5. The van der Waals surface area contributed by atoms with Gasteiger partial charge in [0.2, 0.25) is 0 Å². The van der Waals surface area contributed by atoms with E-state index < -0.39 is 20.0 Å². The van der Waals surface area contributed by atoms with Gasteiger partial charge in [-0.05, 0) is 60.7 Å². The summed E-state index contributed by atoms with van der Waals surface area (Å²) in [5.41, 5.74) is 0. The van der Waals surface area contributed by atoms with Crippen LogP contribution >= 0.6 is 23.2 Å². The molecule has 0 aliphatic carbocycles. The van der Waals surface area contributed by atoms with Gasteiger partial charge in [0.05, 0.1) is 9.79 Å². The van der Waals surface area contributed by atoms with Crippen LogP contribution in [-0.4, -0.2) is 21.8 Å². The van der Waals surface area contributed by atoms with E-state index in [4.69, 9.17) is 23.2 Å². The molecule has 0 saturated carbocycles. The minimum Gasteiger partial charge on any atom is -0.263 e. The second-order valence-electron chi connectivity index (χ2n) is 5.53. The van der Waals surface area contributed by atoms with Crippen LogP contribution in [0.15, 0.2) is 76.5 Å². The summed E-state index contributed by atoms with van der Waals surface area (Å²) in [6, 6.07) is 15.4. The molecule has 0 atom stereocenters. The average molecular weight is 458 g/mol. The summed E-state index contributed by atoms with van der Waals surface area (Å²) in [6.45, 7) is 0. The van der Waals surface area contributed by atoms with Crippen LogP contribution < -0.4 is 9.44 Å². The van der Waals surface area contributed by atoms with Crippen LogP contribution in [0.25, 0.3) is 0 Å². The molecule has 0 spiro atoms. The van der Waals surface area contributed by atoms with Gasteiger partial charge in [-0.1, -0.05) is 29.3 Å². The fourth-order valence-electron chi connectivity index (χ4n) is 2.17. The van der Waals surface area contributed by atoms with Crippen LogP contribution in [0.1, 0.15) is 0 Å². The van der Waals surface area contributed by atoms with Gasteiger partial charge in [0.15, 0.2) is 0 Å². The molecule has 0 saturated heterocycles. The smallest absolute Gasteiger partial charge is 0.263 e. The van der Waals surface area contributed by atoms with Crippen LogP contribution in [0, 0.1) is 0 Å². The van der Waals surface area contributed by atoms with Crippen LogP contribution in [0.2, 0.25) is 10.0 Å². The largest absolute Gasteiger partial charge is 0.263 e. The zero-order valence-electron chi connectivity index (χ0n) is 14.0. The lowest BCUT2D eigenvalue weighted by Gasteiger charge is -2.10. The highest BCUT2D eigenvalue weighted by atomic mass is 35.5. The second kappa shape index (κ2) is 7.96. The summed E-state index contributed by atoms with van der Waals surface area (Å²) in [6.07, 6.45) is 0. The predicted molar refractivity (Wildman–Crippen MR) is 109 cm³/mol. The Bertz CT molecular complexity index is 1110. The maximum Gasteiger partial charge on any atom is 0.263 e. The van der Waals surface area contributed by atoms with Crippen LogP contribution in [0.4, 0.5) is 11.6 Å². The van der Waals surface area contributed by atoms with Gasteiger partial charge in [-0.25, -0.2) is 21.8 Å². The molecular weight excluding hydrogens is 445 g/mol. The maximum absolute atomic E-state index is 12.4. The number of halogens is 2. The number of hydrogen-bond donors (Lipinski definition) is 2. The van der Waals surface area contributed by atoms with Gasteiger partial charge in [-0.15, -0.1) is 0 Å². The van der Waals surface area contributed by atoms with Gasteiger partial charge in [0.25, 0.3) is 20.0 Å². The highest BCUT2D eigenvalue weighted by molar-refractivity contribution is 7.93. The first kappa shape index (κ1) is 20.4. The standard InChI is InChI=1S/C17H13Cl2N3O4S2/c18-12-4-8-14(9-5-12)27(23,24)21-16-2-1-3-17(20-16)22-28(25,26)15-10-6-13(19)7-11-15/h1-11H,(H2,20,21,22). The molecule has 7 nitrogen and oxygen atoms in total. The van der Waals surface area contributed by atoms with Crippen molar-refractivity contribution in [2.45, 2.75) is 9.79 Å². The van der Waals surface area contributed by atoms with Gasteiger partial charge < -0.3 is 0 Å².